The summed E-state index contributed by atoms with van der Waals surface area (Å²) in [6.45, 7) is 4.12. The molecular formula is C16H22N2O4. The quantitative estimate of drug-likeness (QED) is 0.829. The summed E-state index contributed by atoms with van der Waals surface area (Å²) in [5.41, 5.74) is 0.0401. The van der Waals surface area contributed by atoms with Crippen molar-refractivity contribution in [3.05, 3.63) is 29.8 Å². The number of carbonyl (C=O) groups is 2. The minimum atomic E-state index is -1.05. The van der Waals surface area contributed by atoms with E-state index in [1.165, 1.54) is 6.92 Å². The molecule has 1 aliphatic heterocycles. The van der Waals surface area contributed by atoms with E-state index in [9.17, 15) is 14.7 Å². The fourth-order valence-corrected chi connectivity index (χ4v) is 2.42. The summed E-state index contributed by atoms with van der Waals surface area (Å²) in [7, 11) is 0. The first-order chi connectivity index (χ1) is 10.4. The standard InChI is InChI=1S/C16H22N2O4/c1-12-4-3-5-14(8-12)22-11-16(21)6-7-18(10-16)15(20)9-17-13(2)19/h3-5,8,21H,6-7,9-11H2,1-2H3,(H,17,19). The van der Waals surface area contributed by atoms with Gasteiger partial charge in [-0.2, -0.15) is 0 Å². The molecule has 1 aromatic rings. The van der Waals surface area contributed by atoms with Crippen LogP contribution in [0.2, 0.25) is 0 Å². The third kappa shape index (κ3) is 4.46. The Balaban J connectivity index is 1.85. The van der Waals surface area contributed by atoms with Gasteiger partial charge in [0.1, 0.15) is 18.0 Å². The van der Waals surface area contributed by atoms with Crippen molar-refractivity contribution in [1.82, 2.24) is 10.2 Å². The molecule has 0 aromatic heterocycles. The topological polar surface area (TPSA) is 78.9 Å². The highest BCUT2D eigenvalue weighted by atomic mass is 16.5. The Bertz CT molecular complexity index is 561. The van der Waals surface area contributed by atoms with Crippen LogP contribution in [-0.2, 0) is 9.59 Å². The third-order valence-electron chi connectivity index (χ3n) is 3.67. The van der Waals surface area contributed by atoms with Crippen molar-refractivity contribution in [2.75, 3.05) is 26.2 Å². The number of ether oxygens (including phenoxy) is 1. The fourth-order valence-electron chi connectivity index (χ4n) is 2.42. The molecule has 0 aliphatic carbocycles. The summed E-state index contributed by atoms with van der Waals surface area (Å²) in [6.07, 6.45) is 0.463. The van der Waals surface area contributed by atoms with Gasteiger partial charge in [-0.05, 0) is 31.0 Å². The maximum Gasteiger partial charge on any atom is 0.242 e. The van der Waals surface area contributed by atoms with E-state index in [1.807, 2.05) is 31.2 Å². The van der Waals surface area contributed by atoms with Gasteiger partial charge >= 0.3 is 0 Å². The molecule has 6 heteroatoms. The minimum Gasteiger partial charge on any atom is -0.491 e. The highest BCUT2D eigenvalue weighted by Crippen LogP contribution is 2.23. The van der Waals surface area contributed by atoms with E-state index in [0.29, 0.717) is 18.7 Å². The molecule has 1 fully saturated rings. The number of likely N-dealkylation sites (tertiary alicyclic amines) is 1. The van der Waals surface area contributed by atoms with Crippen LogP contribution in [0.1, 0.15) is 18.9 Å². The second kappa shape index (κ2) is 6.79. The van der Waals surface area contributed by atoms with Crippen molar-refractivity contribution in [2.24, 2.45) is 0 Å². The first kappa shape index (κ1) is 16.3. The van der Waals surface area contributed by atoms with Gasteiger partial charge in [0.2, 0.25) is 11.8 Å². The molecule has 0 saturated carbocycles. The monoisotopic (exact) mass is 306 g/mol. The lowest BCUT2D eigenvalue weighted by Crippen LogP contribution is -2.43. The molecule has 6 nitrogen and oxygen atoms in total. The van der Waals surface area contributed by atoms with Gasteiger partial charge in [-0.25, -0.2) is 0 Å². The summed E-state index contributed by atoms with van der Waals surface area (Å²) >= 11 is 0. The summed E-state index contributed by atoms with van der Waals surface area (Å²) in [5, 5.41) is 13.0. The molecule has 2 N–H and O–H groups in total. The van der Waals surface area contributed by atoms with E-state index < -0.39 is 5.60 Å². The number of amides is 2. The van der Waals surface area contributed by atoms with Crippen LogP contribution in [0.25, 0.3) is 0 Å². The van der Waals surface area contributed by atoms with E-state index in [0.717, 1.165) is 5.56 Å². The number of hydrogen-bond acceptors (Lipinski definition) is 4. The lowest BCUT2D eigenvalue weighted by atomic mass is 10.1. The zero-order valence-corrected chi connectivity index (χ0v) is 13.0. The van der Waals surface area contributed by atoms with Gasteiger partial charge < -0.3 is 20.1 Å². The van der Waals surface area contributed by atoms with Crippen LogP contribution >= 0.6 is 0 Å². The Hall–Kier alpha value is -2.08. The van der Waals surface area contributed by atoms with Gasteiger partial charge in [-0.15, -0.1) is 0 Å². The number of aryl methyl sites for hydroxylation is 1. The SMILES string of the molecule is CC(=O)NCC(=O)N1CCC(O)(COc2cccc(C)c2)C1. The molecule has 1 heterocycles. The number of aliphatic hydroxyl groups is 1. The molecule has 1 aromatic carbocycles. The summed E-state index contributed by atoms with van der Waals surface area (Å²) in [6, 6.07) is 7.61. The zero-order valence-electron chi connectivity index (χ0n) is 13.0. The molecule has 1 atom stereocenters. The van der Waals surface area contributed by atoms with Crippen LogP contribution in [0.5, 0.6) is 5.75 Å². The van der Waals surface area contributed by atoms with Gasteiger partial charge in [0, 0.05) is 13.5 Å². The second-order valence-electron chi connectivity index (χ2n) is 5.80. The van der Waals surface area contributed by atoms with Gasteiger partial charge in [-0.1, -0.05) is 12.1 Å². The molecule has 0 bridgehead atoms. The van der Waals surface area contributed by atoms with Crippen LogP contribution in [-0.4, -0.2) is 53.7 Å². The number of β-amino-alcohol motifs (C(OH)–C–C–N with tert-alkyl or cyclic N) is 1. The molecule has 1 aliphatic rings. The second-order valence-corrected chi connectivity index (χ2v) is 5.80. The van der Waals surface area contributed by atoms with Crippen molar-refractivity contribution < 1.29 is 19.4 Å². The predicted octanol–water partition coefficient (Wildman–Crippen LogP) is 0.473. The Morgan fingerprint density at radius 1 is 1.45 bits per heavy atom. The van der Waals surface area contributed by atoms with Crippen molar-refractivity contribution in [2.45, 2.75) is 25.9 Å². The lowest BCUT2D eigenvalue weighted by molar-refractivity contribution is -0.132. The molecule has 120 valence electrons. The number of rotatable bonds is 5. The molecule has 0 spiro atoms. The van der Waals surface area contributed by atoms with Gasteiger partial charge in [0.15, 0.2) is 0 Å². The first-order valence-electron chi connectivity index (χ1n) is 7.32. The number of benzene rings is 1. The molecule has 1 saturated heterocycles. The average Bonchev–Trinajstić information content (AvgIpc) is 2.86. The average molecular weight is 306 g/mol. The number of nitrogens with zero attached hydrogens (tertiary/aromatic N) is 1. The van der Waals surface area contributed by atoms with Gasteiger partial charge in [0.05, 0.1) is 13.1 Å². The van der Waals surface area contributed by atoms with Crippen molar-refractivity contribution in [3.8, 4) is 5.75 Å². The Morgan fingerprint density at radius 2 is 2.23 bits per heavy atom. The Kier molecular flexibility index (Phi) is 5.03. The number of hydrogen-bond donors (Lipinski definition) is 2. The molecule has 2 rings (SSSR count). The van der Waals surface area contributed by atoms with Crippen LogP contribution in [0.15, 0.2) is 24.3 Å². The van der Waals surface area contributed by atoms with Crippen LogP contribution in [0, 0.1) is 6.92 Å². The molecule has 22 heavy (non-hydrogen) atoms. The maximum atomic E-state index is 11.9. The zero-order chi connectivity index (χ0) is 16.2. The summed E-state index contributed by atoms with van der Waals surface area (Å²) in [4.78, 5) is 24.3. The molecule has 1 unspecified atom stereocenters. The van der Waals surface area contributed by atoms with Crippen molar-refractivity contribution in [1.29, 1.82) is 0 Å². The highest BCUT2D eigenvalue weighted by Gasteiger charge is 2.38. The van der Waals surface area contributed by atoms with Crippen LogP contribution < -0.4 is 10.1 Å². The van der Waals surface area contributed by atoms with E-state index in [-0.39, 0.29) is 31.5 Å². The van der Waals surface area contributed by atoms with Gasteiger partial charge in [-0.3, -0.25) is 9.59 Å². The number of nitrogens with one attached hydrogen (secondary N) is 1. The van der Waals surface area contributed by atoms with Crippen molar-refractivity contribution in [3.63, 3.8) is 0 Å². The number of carbonyl (C=O) groups excluding carboxylic acids is 2. The first-order valence-corrected chi connectivity index (χ1v) is 7.32. The fraction of sp³-hybridized carbons (Fsp3) is 0.500. The van der Waals surface area contributed by atoms with Crippen molar-refractivity contribution >= 4 is 11.8 Å². The molecule has 0 radical (unpaired) electrons. The molecule has 2 amide bonds. The normalized spacial score (nSPS) is 20.8. The van der Waals surface area contributed by atoms with E-state index in [2.05, 4.69) is 5.32 Å². The smallest absolute Gasteiger partial charge is 0.242 e. The summed E-state index contributed by atoms with van der Waals surface area (Å²) < 4.78 is 5.64. The van der Waals surface area contributed by atoms with E-state index in [4.69, 9.17) is 4.74 Å². The Morgan fingerprint density at radius 3 is 2.91 bits per heavy atom. The molecular weight excluding hydrogens is 284 g/mol. The lowest BCUT2D eigenvalue weighted by Gasteiger charge is -2.23. The van der Waals surface area contributed by atoms with Crippen LogP contribution in [0.3, 0.4) is 0 Å². The van der Waals surface area contributed by atoms with E-state index >= 15 is 0 Å². The highest BCUT2D eigenvalue weighted by molar-refractivity contribution is 5.83. The maximum absolute atomic E-state index is 11.9. The summed E-state index contributed by atoms with van der Waals surface area (Å²) in [5.74, 6) is 0.267. The largest absolute Gasteiger partial charge is 0.491 e. The third-order valence-corrected chi connectivity index (χ3v) is 3.67. The van der Waals surface area contributed by atoms with Gasteiger partial charge in [0.25, 0.3) is 0 Å². The Labute approximate surface area is 130 Å². The van der Waals surface area contributed by atoms with E-state index in [1.54, 1.807) is 4.90 Å². The van der Waals surface area contributed by atoms with Crippen LogP contribution in [0.4, 0.5) is 0 Å². The predicted molar refractivity (Wildman–Crippen MR) is 81.5 cm³/mol. The minimum absolute atomic E-state index is 0.0375.